The van der Waals surface area contributed by atoms with Crippen LogP contribution in [0.25, 0.3) is 0 Å². The highest BCUT2D eigenvalue weighted by molar-refractivity contribution is 9.10. The highest BCUT2D eigenvalue weighted by Crippen LogP contribution is 2.34. The first-order valence-electron chi connectivity index (χ1n) is 5.13. The molecule has 0 fully saturated rings. The third-order valence-electron chi connectivity index (χ3n) is 2.14. The molecule has 0 unspecified atom stereocenters. The molecule has 1 aromatic heterocycles. The van der Waals surface area contributed by atoms with E-state index in [4.69, 9.17) is 5.11 Å². The van der Waals surface area contributed by atoms with E-state index >= 15 is 0 Å². The van der Waals surface area contributed by atoms with E-state index in [1.54, 1.807) is 18.2 Å². The van der Waals surface area contributed by atoms with Crippen molar-refractivity contribution in [2.45, 2.75) is 22.6 Å². The van der Waals surface area contributed by atoms with Gasteiger partial charge in [-0.3, -0.25) is 0 Å². The Balaban J connectivity index is 2.21. The predicted octanol–water partition coefficient (Wildman–Crippen LogP) is 3.71. The number of aromatic nitrogens is 2. The minimum absolute atomic E-state index is 0.262. The maximum Gasteiger partial charge on any atom is 0.335 e. The summed E-state index contributed by atoms with van der Waals surface area (Å²) in [4.78, 5) is 16.1. The molecule has 1 aromatic carbocycles. The molecule has 0 atom stereocenters. The molecular weight excluding hydrogens is 336 g/mol. The summed E-state index contributed by atoms with van der Waals surface area (Å²) in [5.41, 5.74) is 0.262. The van der Waals surface area contributed by atoms with Crippen molar-refractivity contribution in [1.29, 1.82) is 0 Å². The van der Waals surface area contributed by atoms with Crippen LogP contribution in [0.5, 0.6) is 0 Å². The molecule has 0 aliphatic carbocycles. The van der Waals surface area contributed by atoms with E-state index in [2.05, 4.69) is 25.3 Å². The molecule has 2 aromatic rings. The minimum Gasteiger partial charge on any atom is -0.478 e. The Morgan fingerprint density at radius 3 is 2.89 bits per heavy atom. The van der Waals surface area contributed by atoms with Crippen LogP contribution in [-0.2, 0) is 6.42 Å². The van der Waals surface area contributed by atoms with Crippen LogP contribution >= 0.6 is 39.2 Å². The maximum absolute atomic E-state index is 10.8. The summed E-state index contributed by atoms with van der Waals surface area (Å²) in [5, 5.41) is 8.88. The molecule has 0 saturated heterocycles. The molecule has 1 heterocycles. The number of halogens is 1. The summed E-state index contributed by atoms with van der Waals surface area (Å²) >= 11 is 6.20. The first-order chi connectivity index (χ1) is 8.60. The molecule has 0 saturated carbocycles. The van der Waals surface area contributed by atoms with Gasteiger partial charge >= 0.3 is 5.97 Å². The van der Waals surface area contributed by atoms with Crippen LogP contribution in [0, 0.1) is 0 Å². The molecule has 2 rings (SSSR count). The van der Waals surface area contributed by atoms with E-state index in [9.17, 15) is 4.79 Å². The van der Waals surface area contributed by atoms with E-state index in [-0.39, 0.29) is 5.56 Å². The summed E-state index contributed by atoms with van der Waals surface area (Å²) in [7, 11) is 0. The number of carbonyl (C=O) groups is 1. The predicted molar refractivity (Wildman–Crippen MR) is 74.5 cm³/mol. The molecule has 18 heavy (non-hydrogen) atoms. The average molecular weight is 345 g/mol. The first kappa shape index (κ1) is 13.5. The monoisotopic (exact) mass is 344 g/mol. The van der Waals surface area contributed by atoms with Crippen LogP contribution < -0.4 is 0 Å². The van der Waals surface area contributed by atoms with Gasteiger partial charge in [-0.1, -0.05) is 18.7 Å². The highest BCUT2D eigenvalue weighted by atomic mass is 79.9. The summed E-state index contributed by atoms with van der Waals surface area (Å²) < 4.78 is 5.81. The van der Waals surface area contributed by atoms with Crippen molar-refractivity contribution in [3.63, 3.8) is 0 Å². The normalized spacial score (nSPS) is 10.6. The Kier molecular flexibility index (Phi) is 4.36. The largest absolute Gasteiger partial charge is 0.478 e. The zero-order chi connectivity index (χ0) is 13.1. The Labute approximate surface area is 121 Å². The summed E-state index contributed by atoms with van der Waals surface area (Å²) in [6, 6.07) is 4.94. The number of aromatic carboxylic acids is 1. The lowest BCUT2D eigenvalue weighted by molar-refractivity contribution is 0.0696. The zero-order valence-corrected chi connectivity index (χ0v) is 12.6. The van der Waals surface area contributed by atoms with Gasteiger partial charge in [-0.2, -0.15) is 4.37 Å². The highest BCUT2D eigenvalue weighted by Gasteiger charge is 2.10. The second-order valence-corrected chi connectivity index (χ2v) is 6.28. The molecule has 94 valence electrons. The van der Waals surface area contributed by atoms with Gasteiger partial charge in [-0.25, -0.2) is 9.78 Å². The summed E-state index contributed by atoms with van der Waals surface area (Å²) in [5.74, 6) is -0.0998. The van der Waals surface area contributed by atoms with Crippen molar-refractivity contribution in [2.75, 3.05) is 0 Å². The van der Waals surface area contributed by atoms with E-state index in [0.717, 1.165) is 26.0 Å². The van der Waals surface area contributed by atoms with Crippen LogP contribution in [-0.4, -0.2) is 20.4 Å². The lowest BCUT2D eigenvalue weighted by atomic mass is 10.2. The second-order valence-electron chi connectivity index (χ2n) is 3.38. The average Bonchev–Trinajstić information content (AvgIpc) is 2.79. The molecule has 4 nitrogen and oxygen atoms in total. The lowest BCUT2D eigenvalue weighted by Crippen LogP contribution is -1.95. The van der Waals surface area contributed by atoms with Crippen molar-refractivity contribution in [2.24, 2.45) is 0 Å². The van der Waals surface area contributed by atoms with Crippen LogP contribution in [0.3, 0.4) is 0 Å². The van der Waals surface area contributed by atoms with Crippen LogP contribution in [0.4, 0.5) is 0 Å². The van der Waals surface area contributed by atoms with Gasteiger partial charge in [-0.15, -0.1) is 0 Å². The topological polar surface area (TPSA) is 63.1 Å². The van der Waals surface area contributed by atoms with Gasteiger partial charge < -0.3 is 5.11 Å². The molecule has 0 spiro atoms. The van der Waals surface area contributed by atoms with Gasteiger partial charge in [-0.05, 0) is 45.7 Å². The standard InChI is InChI=1S/C11H9BrN2O2S2/c1-2-9-13-11(18-14-9)17-8-4-3-6(10(15)16)5-7(8)12/h3-5H,2H2,1H3,(H,15,16). The molecular formula is C11H9BrN2O2S2. The Hall–Kier alpha value is -0.920. The van der Waals surface area contributed by atoms with Crippen molar-refractivity contribution in [1.82, 2.24) is 9.36 Å². The van der Waals surface area contributed by atoms with Gasteiger partial charge in [0.25, 0.3) is 0 Å². The van der Waals surface area contributed by atoms with Crippen LogP contribution in [0.2, 0.25) is 0 Å². The zero-order valence-electron chi connectivity index (χ0n) is 9.38. The number of nitrogens with zero attached hydrogens (tertiary/aromatic N) is 2. The van der Waals surface area contributed by atoms with Crippen LogP contribution in [0.1, 0.15) is 23.1 Å². The van der Waals surface area contributed by atoms with Crippen molar-refractivity contribution >= 4 is 45.2 Å². The fourth-order valence-electron chi connectivity index (χ4n) is 1.23. The number of benzene rings is 1. The number of carboxylic acid groups (broad SMARTS) is 1. The molecule has 0 bridgehead atoms. The minimum atomic E-state index is -0.934. The quantitative estimate of drug-likeness (QED) is 0.915. The smallest absolute Gasteiger partial charge is 0.335 e. The fraction of sp³-hybridized carbons (Fsp3) is 0.182. The Morgan fingerprint density at radius 2 is 2.33 bits per heavy atom. The van der Waals surface area contributed by atoms with Crippen LogP contribution in [0.15, 0.2) is 31.9 Å². The molecule has 1 N–H and O–H groups in total. The molecule has 0 aliphatic rings. The third-order valence-corrected chi connectivity index (χ3v) is 4.93. The third kappa shape index (κ3) is 3.09. The number of rotatable bonds is 4. The number of hydrogen-bond acceptors (Lipinski definition) is 5. The van der Waals surface area contributed by atoms with Crippen molar-refractivity contribution in [3.05, 3.63) is 34.1 Å². The fourth-order valence-corrected chi connectivity index (χ4v) is 3.52. The Morgan fingerprint density at radius 1 is 1.56 bits per heavy atom. The van der Waals surface area contributed by atoms with Gasteiger partial charge in [0.2, 0.25) is 0 Å². The van der Waals surface area contributed by atoms with Gasteiger partial charge in [0.15, 0.2) is 4.34 Å². The molecule has 0 aliphatic heterocycles. The van der Waals surface area contributed by atoms with Gasteiger partial charge in [0.1, 0.15) is 5.82 Å². The second kappa shape index (κ2) is 5.81. The number of aryl methyl sites for hydroxylation is 1. The number of carboxylic acids is 1. The molecule has 7 heteroatoms. The van der Waals surface area contributed by atoms with E-state index in [0.29, 0.717) is 0 Å². The SMILES string of the molecule is CCc1nsc(Sc2ccc(C(=O)O)cc2Br)n1. The van der Waals surface area contributed by atoms with Gasteiger partial charge in [0, 0.05) is 15.8 Å². The summed E-state index contributed by atoms with van der Waals surface area (Å²) in [6.07, 6.45) is 0.816. The Bertz CT molecular complexity index is 586. The van der Waals surface area contributed by atoms with Crippen molar-refractivity contribution in [3.8, 4) is 0 Å². The number of hydrogen-bond donors (Lipinski definition) is 1. The molecule has 0 radical (unpaired) electrons. The molecule has 0 amide bonds. The first-order valence-corrected chi connectivity index (χ1v) is 7.51. The maximum atomic E-state index is 10.8. The van der Waals surface area contributed by atoms with Crippen molar-refractivity contribution < 1.29 is 9.90 Å². The van der Waals surface area contributed by atoms with E-state index < -0.39 is 5.97 Å². The van der Waals surface area contributed by atoms with Gasteiger partial charge in [0.05, 0.1) is 5.56 Å². The lowest BCUT2D eigenvalue weighted by Gasteiger charge is -2.02. The van der Waals surface area contributed by atoms with E-state index in [1.165, 1.54) is 23.3 Å². The van der Waals surface area contributed by atoms with E-state index in [1.807, 2.05) is 6.92 Å². The summed E-state index contributed by atoms with van der Waals surface area (Å²) in [6.45, 7) is 2.01.